The highest BCUT2D eigenvalue weighted by Gasteiger charge is 2.34. The third kappa shape index (κ3) is 9.59. The zero-order valence-electron chi connectivity index (χ0n) is 32.2. The average Bonchev–Trinajstić information content (AvgIpc) is 3.22. The number of carbonyl (C=O) groups is 2. The number of rotatable bonds is 8. The average molecular weight is 805 g/mol. The van der Waals surface area contributed by atoms with E-state index < -0.39 is 11.9 Å². The van der Waals surface area contributed by atoms with Crippen LogP contribution in [0.5, 0.6) is 11.5 Å². The molecule has 8 rings (SSSR count). The van der Waals surface area contributed by atoms with Gasteiger partial charge < -0.3 is 20.4 Å². The molecule has 0 amide bonds. The zero-order chi connectivity index (χ0) is 40.8. The van der Waals surface area contributed by atoms with Gasteiger partial charge in [0.15, 0.2) is 0 Å². The summed E-state index contributed by atoms with van der Waals surface area (Å²) >= 11 is 3.65. The van der Waals surface area contributed by atoms with Crippen molar-refractivity contribution in [1.29, 1.82) is 0 Å². The summed E-state index contributed by atoms with van der Waals surface area (Å²) in [6.07, 6.45) is 5.60. The monoisotopic (exact) mass is 804 g/mol. The van der Waals surface area contributed by atoms with Crippen LogP contribution in [0.1, 0.15) is 79.3 Å². The number of benzene rings is 6. The van der Waals surface area contributed by atoms with E-state index in [-0.39, 0.29) is 29.3 Å². The van der Waals surface area contributed by atoms with E-state index in [0.29, 0.717) is 5.92 Å². The van der Waals surface area contributed by atoms with Gasteiger partial charge in [0.05, 0.1) is 0 Å². The lowest BCUT2D eigenvalue weighted by atomic mass is 9.77. The molecule has 0 bridgehead atoms. The Kier molecular flexibility index (Phi) is 12.6. The summed E-state index contributed by atoms with van der Waals surface area (Å²) in [7, 11) is 0. The molecule has 0 aromatic heterocycles. The molecule has 4 N–H and O–H groups in total. The predicted octanol–water partition coefficient (Wildman–Crippen LogP) is 11.6. The van der Waals surface area contributed by atoms with Crippen molar-refractivity contribution >= 4 is 47.6 Å². The number of fused-ring (bicyclic) bond motifs is 2. The van der Waals surface area contributed by atoms with Gasteiger partial charge in [0, 0.05) is 57.1 Å². The summed E-state index contributed by atoms with van der Waals surface area (Å²) in [6, 6.07) is 44.6. The molecule has 6 nitrogen and oxygen atoms in total. The quantitative estimate of drug-likeness (QED) is 0.112. The van der Waals surface area contributed by atoms with E-state index in [4.69, 9.17) is 10.2 Å². The molecule has 0 saturated carbocycles. The number of phenols is 2. The first-order chi connectivity index (χ1) is 28.0. The summed E-state index contributed by atoms with van der Waals surface area (Å²) in [5, 5.41) is 37.5. The summed E-state index contributed by atoms with van der Waals surface area (Å²) in [5.41, 5.74) is 11.6. The molecule has 0 saturated heterocycles. The Morgan fingerprint density at radius 1 is 0.517 bits per heavy atom. The van der Waals surface area contributed by atoms with Gasteiger partial charge >= 0.3 is 11.9 Å². The van der Waals surface area contributed by atoms with Gasteiger partial charge in [0.1, 0.15) is 11.5 Å². The fourth-order valence-electron chi connectivity index (χ4n) is 7.90. The number of phenolic OH excluding ortho intramolecular Hbond substituents is 2. The summed E-state index contributed by atoms with van der Waals surface area (Å²) in [4.78, 5) is 24.2. The second kappa shape index (κ2) is 18.1. The second-order valence-corrected chi connectivity index (χ2v) is 16.9. The van der Waals surface area contributed by atoms with Crippen molar-refractivity contribution in [3.8, 4) is 11.5 Å². The number of hydrogen-bond donors (Lipinski definition) is 4. The number of carboxylic acid groups (broad SMARTS) is 2. The van der Waals surface area contributed by atoms with Crippen LogP contribution in [0.3, 0.4) is 0 Å². The number of hydrogen-bond acceptors (Lipinski definition) is 6. The van der Waals surface area contributed by atoms with Crippen LogP contribution in [0.25, 0.3) is 12.2 Å². The van der Waals surface area contributed by atoms with E-state index in [1.54, 1.807) is 48.2 Å². The highest BCUT2D eigenvalue weighted by molar-refractivity contribution is 7.99. The number of aryl methyl sites for hydroxylation is 2. The van der Waals surface area contributed by atoms with Gasteiger partial charge in [0.25, 0.3) is 0 Å². The Balaban J connectivity index is 0.000000177. The Morgan fingerprint density at radius 2 is 0.966 bits per heavy atom. The summed E-state index contributed by atoms with van der Waals surface area (Å²) in [6.45, 7) is 4.26. The van der Waals surface area contributed by atoms with Crippen molar-refractivity contribution in [3.05, 3.63) is 201 Å². The van der Waals surface area contributed by atoms with Gasteiger partial charge in [-0.05, 0) is 106 Å². The van der Waals surface area contributed by atoms with Gasteiger partial charge in [0.2, 0.25) is 0 Å². The van der Waals surface area contributed by atoms with Crippen LogP contribution in [0.15, 0.2) is 155 Å². The molecule has 0 radical (unpaired) electrons. The Hall–Kier alpha value is -5.96. The normalized spacial score (nSPS) is 18.5. The lowest BCUT2D eigenvalue weighted by Crippen LogP contribution is -2.20. The number of aliphatic carboxylic acids is 2. The van der Waals surface area contributed by atoms with Crippen molar-refractivity contribution in [3.63, 3.8) is 0 Å². The maximum Gasteiger partial charge on any atom is 0.328 e. The number of aromatic hydroxyl groups is 2. The molecule has 292 valence electrons. The van der Waals surface area contributed by atoms with Crippen LogP contribution in [0, 0.1) is 13.8 Å². The first kappa shape index (κ1) is 40.2. The molecular formula is C50H44O6S2. The minimum Gasteiger partial charge on any atom is -0.508 e. The molecule has 58 heavy (non-hydrogen) atoms. The molecule has 4 atom stereocenters. The van der Waals surface area contributed by atoms with Crippen LogP contribution in [-0.2, 0) is 9.59 Å². The largest absolute Gasteiger partial charge is 0.508 e. The molecule has 0 aliphatic carbocycles. The van der Waals surface area contributed by atoms with Gasteiger partial charge in [-0.1, -0.05) is 109 Å². The lowest BCUT2D eigenvalue weighted by molar-refractivity contribution is -0.132. The smallest absolute Gasteiger partial charge is 0.328 e. The molecular weight excluding hydrogens is 761 g/mol. The molecule has 2 heterocycles. The van der Waals surface area contributed by atoms with Gasteiger partial charge in [-0.15, -0.1) is 23.5 Å². The molecule has 0 fully saturated rings. The van der Waals surface area contributed by atoms with E-state index in [1.807, 2.05) is 60.3 Å². The van der Waals surface area contributed by atoms with Crippen LogP contribution >= 0.6 is 23.5 Å². The van der Waals surface area contributed by atoms with Crippen LogP contribution in [0.2, 0.25) is 0 Å². The van der Waals surface area contributed by atoms with E-state index >= 15 is 0 Å². The van der Waals surface area contributed by atoms with Crippen LogP contribution < -0.4 is 0 Å². The lowest BCUT2D eigenvalue weighted by Gasteiger charge is -2.34. The number of thioether (sulfide) groups is 2. The van der Waals surface area contributed by atoms with Crippen molar-refractivity contribution in [1.82, 2.24) is 0 Å². The molecule has 6 aromatic carbocycles. The third-order valence-electron chi connectivity index (χ3n) is 10.7. The maximum absolute atomic E-state index is 10.9. The van der Waals surface area contributed by atoms with Crippen molar-refractivity contribution in [2.24, 2.45) is 0 Å². The third-order valence-corrected chi connectivity index (χ3v) is 13.1. The van der Waals surface area contributed by atoms with Gasteiger partial charge in [-0.25, -0.2) is 9.59 Å². The minimum absolute atomic E-state index is 0.0505. The minimum atomic E-state index is -0.979. The maximum atomic E-state index is 10.9. The standard InChI is InChI=1S/C26H24O2S.C24H20O4S/c1-17-6-10-20(11-7-17)23-16-29-24-14-18(2)8-12-22(24)26(23)21-5-3-4-19(15-21)9-13-25(27)28;25-18-7-5-16(6-8-18)21-14-29-22-13-19(26)9-10-20(22)24(21)17-3-1-2-15(12-17)4-11-23(27)28/h3-15,23,26H,16H2,1-2H3,(H,27,28);1-13,21,24-26H,14H2,(H,27,28)/b13-9+;11-4+/t;21-,24-/m.1/s1. The van der Waals surface area contributed by atoms with E-state index in [9.17, 15) is 19.8 Å². The van der Waals surface area contributed by atoms with Gasteiger partial charge in [-0.2, -0.15) is 0 Å². The number of carboxylic acids is 2. The first-order valence-electron chi connectivity index (χ1n) is 19.1. The van der Waals surface area contributed by atoms with E-state index in [1.165, 1.54) is 38.8 Å². The molecule has 2 aliphatic heterocycles. The topological polar surface area (TPSA) is 115 Å². The van der Waals surface area contributed by atoms with E-state index in [2.05, 4.69) is 74.5 Å². The highest BCUT2D eigenvalue weighted by atomic mass is 32.2. The molecule has 2 unspecified atom stereocenters. The highest BCUT2D eigenvalue weighted by Crippen LogP contribution is 2.51. The fourth-order valence-corrected chi connectivity index (χ4v) is 10.6. The van der Waals surface area contributed by atoms with Crippen molar-refractivity contribution < 1.29 is 30.0 Å². The van der Waals surface area contributed by atoms with E-state index in [0.717, 1.165) is 50.3 Å². The molecule has 8 heteroatoms. The Labute approximate surface area is 347 Å². The van der Waals surface area contributed by atoms with Crippen LogP contribution in [0.4, 0.5) is 0 Å². The summed E-state index contributed by atoms with van der Waals surface area (Å²) in [5.74, 6) is 1.28. The first-order valence-corrected chi connectivity index (χ1v) is 21.1. The van der Waals surface area contributed by atoms with Gasteiger partial charge in [-0.3, -0.25) is 0 Å². The van der Waals surface area contributed by atoms with Crippen molar-refractivity contribution in [2.45, 2.75) is 47.3 Å². The fraction of sp³-hybridized carbons (Fsp3) is 0.160. The Bertz CT molecular complexity index is 2310. The second-order valence-electron chi connectivity index (χ2n) is 14.7. The Morgan fingerprint density at radius 3 is 1.48 bits per heavy atom. The molecule has 6 aromatic rings. The zero-order valence-corrected chi connectivity index (χ0v) is 33.8. The molecule has 0 spiro atoms. The van der Waals surface area contributed by atoms with Crippen molar-refractivity contribution in [2.75, 3.05) is 11.5 Å². The summed E-state index contributed by atoms with van der Waals surface area (Å²) < 4.78 is 0. The molecule has 2 aliphatic rings. The van der Waals surface area contributed by atoms with Crippen LogP contribution in [-0.4, -0.2) is 43.9 Å². The predicted molar refractivity (Wildman–Crippen MR) is 235 cm³/mol. The SMILES string of the molecule is Cc1ccc(C2CSc3cc(C)ccc3C2c2cccc(/C=C/C(=O)O)c2)cc1.O=C(O)/C=C/c1cccc([C@@H]2c3ccc(O)cc3SC[C@@H]2c2ccc(O)cc2)c1.